The van der Waals surface area contributed by atoms with Crippen LogP contribution in [0.1, 0.15) is 17.5 Å². The molecule has 0 saturated carbocycles. The summed E-state index contributed by atoms with van der Waals surface area (Å²) in [5.41, 5.74) is 2.92. The molecular formula is C11H13BrO. The second kappa shape index (κ2) is 3.70. The van der Waals surface area contributed by atoms with Crippen molar-refractivity contribution in [3.05, 3.63) is 29.3 Å². The lowest BCUT2D eigenvalue weighted by Gasteiger charge is -2.20. The van der Waals surface area contributed by atoms with Crippen molar-refractivity contribution in [2.24, 2.45) is 0 Å². The standard InChI is InChI=1S/C11H13BrO/c1-13-11-5-3-8-6-10(12)4-2-9(8)7-11/h3,5,7,10H,2,4,6H2,1H3. The maximum atomic E-state index is 5.20. The Morgan fingerprint density at radius 3 is 3.00 bits per heavy atom. The van der Waals surface area contributed by atoms with E-state index in [4.69, 9.17) is 4.74 Å². The number of alkyl halides is 1. The lowest BCUT2D eigenvalue weighted by Crippen LogP contribution is -2.13. The molecule has 0 N–H and O–H groups in total. The van der Waals surface area contributed by atoms with Crippen molar-refractivity contribution >= 4 is 15.9 Å². The van der Waals surface area contributed by atoms with Gasteiger partial charge in [0.25, 0.3) is 0 Å². The summed E-state index contributed by atoms with van der Waals surface area (Å²) < 4.78 is 5.20. The van der Waals surface area contributed by atoms with Gasteiger partial charge in [0.15, 0.2) is 0 Å². The highest BCUT2D eigenvalue weighted by molar-refractivity contribution is 9.09. The lowest BCUT2D eigenvalue weighted by atomic mass is 9.91. The molecule has 0 aliphatic heterocycles. The van der Waals surface area contributed by atoms with Crippen molar-refractivity contribution in [2.45, 2.75) is 24.1 Å². The second-order valence-electron chi connectivity index (χ2n) is 3.47. The number of hydrogen-bond acceptors (Lipinski definition) is 1. The third-order valence-electron chi connectivity index (χ3n) is 2.58. The van der Waals surface area contributed by atoms with Gasteiger partial charge in [0.05, 0.1) is 7.11 Å². The van der Waals surface area contributed by atoms with Crippen LogP contribution in [0.5, 0.6) is 5.75 Å². The molecule has 0 fully saturated rings. The SMILES string of the molecule is COc1ccc2c(c1)CCC(Br)C2. The molecule has 0 bridgehead atoms. The Hall–Kier alpha value is -0.500. The van der Waals surface area contributed by atoms with Gasteiger partial charge >= 0.3 is 0 Å². The van der Waals surface area contributed by atoms with E-state index in [0.29, 0.717) is 4.83 Å². The Kier molecular flexibility index (Phi) is 2.58. The molecule has 1 aromatic carbocycles. The zero-order chi connectivity index (χ0) is 9.26. The normalized spacial score (nSPS) is 20.9. The first-order chi connectivity index (χ1) is 6.29. The molecule has 0 aromatic heterocycles. The highest BCUT2D eigenvalue weighted by atomic mass is 79.9. The fourth-order valence-corrected chi connectivity index (χ4v) is 2.39. The van der Waals surface area contributed by atoms with Crippen molar-refractivity contribution in [3.63, 3.8) is 0 Å². The fourth-order valence-electron chi connectivity index (χ4n) is 1.81. The van der Waals surface area contributed by atoms with Gasteiger partial charge in [0, 0.05) is 4.83 Å². The van der Waals surface area contributed by atoms with Crippen LogP contribution >= 0.6 is 15.9 Å². The van der Waals surface area contributed by atoms with Crippen molar-refractivity contribution in [3.8, 4) is 5.75 Å². The van der Waals surface area contributed by atoms with Gasteiger partial charge < -0.3 is 4.74 Å². The molecule has 70 valence electrons. The molecule has 2 heteroatoms. The number of methoxy groups -OCH3 is 1. The minimum absolute atomic E-state index is 0.661. The third kappa shape index (κ3) is 1.88. The molecule has 1 aliphatic rings. The van der Waals surface area contributed by atoms with Gasteiger partial charge in [-0.3, -0.25) is 0 Å². The van der Waals surface area contributed by atoms with E-state index < -0.39 is 0 Å². The smallest absolute Gasteiger partial charge is 0.119 e. The van der Waals surface area contributed by atoms with Crippen LogP contribution in [-0.2, 0) is 12.8 Å². The third-order valence-corrected chi connectivity index (χ3v) is 3.36. The molecule has 2 rings (SSSR count). The van der Waals surface area contributed by atoms with E-state index in [2.05, 4.69) is 28.1 Å². The van der Waals surface area contributed by atoms with Crippen LogP contribution in [0.25, 0.3) is 0 Å². The van der Waals surface area contributed by atoms with Gasteiger partial charge in [-0.15, -0.1) is 0 Å². The van der Waals surface area contributed by atoms with Crippen LogP contribution in [-0.4, -0.2) is 11.9 Å². The Morgan fingerprint density at radius 1 is 1.38 bits per heavy atom. The lowest BCUT2D eigenvalue weighted by molar-refractivity contribution is 0.413. The predicted molar refractivity (Wildman–Crippen MR) is 57.7 cm³/mol. The van der Waals surface area contributed by atoms with E-state index in [0.717, 1.165) is 12.2 Å². The number of aryl methyl sites for hydroxylation is 1. The number of hydrogen-bond donors (Lipinski definition) is 0. The average molecular weight is 241 g/mol. The van der Waals surface area contributed by atoms with E-state index >= 15 is 0 Å². The maximum Gasteiger partial charge on any atom is 0.119 e. The summed E-state index contributed by atoms with van der Waals surface area (Å²) >= 11 is 3.66. The monoisotopic (exact) mass is 240 g/mol. The molecule has 0 radical (unpaired) electrons. The molecule has 1 unspecified atom stereocenters. The molecule has 1 atom stereocenters. The minimum atomic E-state index is 0.661. The largest absolute Gasteiger partial charge is 0.497 e. The fraction of sp³-hybridized carbons (Fsp3) is 0.455. The Balaban J connectivity index is 2.31. The van der Waals surface area contributed by atoms with Gasteiger partial charge in [-0.2, -0.15) is 0 Å². The molecule has 1 aromatic rings. The summed E-state index contributed by atoms with van der Waals surface area (Å²) in [6.45, 7) is 0. The van der Waals surface area contributed by atoms with Gasteiger partial charge in [-0.25, -0.2) is 0 Å². The first kappa shape index (κ1) is 9.07. The van der Waals surface area contributed by atoms with Crippen molar-refractivity contribution in [1.29, 1.82) is 0 Å². The van der Waals surface area contributed by atoms with Crippen molar-refractivity contribution in [2.75, 3.05) is 7.11 Å². The highest BCUT2D eigenvalue weighted by Gasteiger charge is 2.16. The maximum absolute atomic E-state index is 5.20. The second-order valence-corrected chi connectivity index (χ2v) is 4.77. The molecule has 0 spiro atoms. The van der Waals surface area contributed by atoms with Gasteiger partial charge in [-0.05, 0) is 42.5 Å². The van der Waals surface area contributed by atoms with E-state index in [9.17, 15) is 0 Å². The quantitative estimate of drug-likeness (QED) is 0.687. The molecule has 0 saturated heterocycles. The van der Waals surface area contributed by atoms with Gasteiger partial charge in [0.1, 0.15) is 5.75 Å². The molecule has 0 amide bonds. The van der Waals surface area contributed by atoms with Crippen LogP contribution in [0.4, 0.5) is 0 Å². The number of ether oxygens (including phenoxy) is 1. The predicted octanol–water partition coefficient (Wildman–Crippen LogP) is 2.95. The zero-order valence-electron chi connectivity index (χ0n) is 7.72. The van der Waals surface area contributed by atoms with Gasteiger partial charge in [-0.1, -0.05) is 22.0 Å². The molecule has 1 nitrogen and oxygen atoms in total. The first-order valence-corrected chi connectivity index (χ1v) is 5.51. The van der Waals surface area contributed by atoms with Crippen LogP contribution in [0.3, 0.4) is 0 Å². The Morgan fingerprint density at radius 2 is 2.23 bits per heavy atom. The topological polar surface area (TPSA) is 9.23 Å². The average Bonchev–Trinajstić information content (AvgIpc) is 2.17. The molecule has 0 heterocycles. The summed E-state index contributed by atoms with van der Waals surface area (Å²) in [6.07, 6.45) is 3.56. The first-order valence-electron chi connectivity index (χ1n) is 4.59. The van der Waals surface area contributed by atoms with Gasteiger partial charge in [0.2, 0.25) is 0 Å². The molecular weight excluding hydrogens is 228 g/mol. The number of fused-ring (bicyclic) bond motifs is 1. The Bertz CT molecular complexity index is 309. The van der Waals surface area contributed by atoms with Crippen molar-refractivity contribution in [1.82, 2.24) is 0 Å². The van der Waals surface area contributed by atoms with Crippen LogP contribution in [0.15, 0.2) is 18.2 Å². The summed E-state index contributed by atoms with van der Waals surface area (Å²) in [5.74, 6) is 0.978. The van der Waals surface area contributed by atoms with Crippen LogP contribution < -0.4 is 4.74 Å². The number of rotatable bonds is 1. The van der Waals surface area contributed by atoms with E-state index in [1.54, 1.807) is 7.11 Å². The van der Waals surface area contributed by atoms with E-state index in [-0.39, 0.29) is 0 Å². The molecule has 13 heavy (non-hydrogen) atoms. The van der Waals surface area contributed by atoms with Crippen LogP contribution in [0.2, 0.25) is 0 Å². The van der Waals surface area contributed by atoms with Crippen LogP contribution in [0, 0.1) is 0 Å². The number of benzene rings is 1. The minimum Gasteiger partial charge on any atom is -0.497 e. The molecule has 1 aliphatic carbocycles. The van der Waals surface area contributed by atoms with Crippen molar-refractivity contribution < 1.29 is 4.74 Å². The van der Waals surface area contributed by atoms with E-state index in [1.807, 2.05) is 6.07 Å². The summed E-state index contributed by atoms with van der Waals surface area (Å²) in [7, 11) is 1.72. The highest BCUT2D eigenvalue weighted by Crippen LogP contribution is 2.28. The van der Waals surface area contributed by atoms with E-state index in [1.165, 1.54) is 24.0 Å². The summed E-state index contributed by atoms with van der Waals surface area (Å²) in [6, 6.07) is 6.39. The number of halogens is 1. The summed E-state index contributed by atoms with van der Waals surface area (Å²) in [5, 5.41) is 0. The zero-order valence-corrected chi connectivity index (χ0v) is 9.30. The Labute approximate surface area is 87.2 Å². The summed E-state index contributed by atoms with van der Waals surface area (Å²) in [4.78, 5) is 0.661.